The molecule has 0 saturated heterocycles. The van der Waals surface area contributed by atoms with Crippen LogP contribution in [0, 0.1) is 0 Å². The molecule has 2 rings (SSSR count). The number of esters is 1. The smallest absolute Gasteiger partial charge is 0.337 e. The summed E-state index contributed by atoms with van der Waals surface area (Å²) in [5.41, 5.74) is 2.77. The fraction of sp³-hybridized carbons (Fsp3) is 0.316. The topological polar surface area (TPSA) is 38.3 Å². The number of ether oxygens (including phenoxy) is 1. The number of nitrogens with one attached hydrogen (secondary N) is 1. The van der Waals surface area contributed by atoms with Gasteiger partial charge in [-0.1, -0.05) is 42.3 Å². The molecule has 0 aromatic heterocycles. The first-order chi connectivity index (χ1) is 11.4. The molecule has 24 heavy (non-hydrogen) atoms. The first kappa shape index (κ1) is 18.8. The third kappa shape index (κ3) is 4.97. The molecule has 0 amide bonds. The normalized spacial score (nSPS) is 13.4. The van der Waals surface area contributed by atoms with Crippen LogP contribution < -0.4 is 5.32 Å². The highest BCUT2D eigenvalue weighted by Crippen LogP contribution is 2.25. The van der Waals surface area contributed by atoms with Crippen molar-refractivity contribution in [3.8, 4) is 0 Å². The van der Waals surface area contributed by atoms with E-state index in [0.717, 1.165) is 17.7 Å². The Balaban J connectivity index is 1.96. The van der Waals surface area contributed by atoms with Gasteiger partial charge >= 0.3 is 5.97 Å². The Morgan fingerprint density at radius 3 is 2.17 bits per heavy atom. The molecule has 3 nitrogen and oxygen atoms in total. The minimum absolute atomic E-state index is 0.161. The number of carbonyl (C=O) groups excluding carboxylic acids is 1. The second-order valence-corrected chi connectivity index (χ2v) is 6.72. The highest BCUT2D eigenvalue weighted by Gasteiger charge is 2.12. The van der Waals surface area contributed by atoms with Gasteiger partial charge in [0.15, 0.2) is 0 Å². The highest BCUT2D eigenvalue weighted by molar-refractivity contribution is 6.34. The molecule has 2 atom stereocenters. The van der Waals surface area contributed by atoms with Crippen LogP contribution in [0.2, 0.25) is 10.0 Å². The number of benzene rings is 2. The minimum Gasteiger partial charge on any atom is -0.465 e. The number of hydrogen-bond donors (Lipinski definition) is 1. The van der Waals surface area contributed by atoms with Crippen LogP contribution in [0.5, 0.6) is 0 Å². The quantitative estimate of drug-likeness (QED) is 0.711. The van der Waals surface area contributed by atoms with E-state index in [1.54, 1.807) is 18.2 Å². The van der Waals surface area contributed by atoms with Gasteiger partial charge in [-0.05, 0) is 54.3 Å². The molecule has 0 radical (unpaired) electrons. The molecule has 0 saturated carbocycles. The van der Waals surface area contributed by atoms with Crippen molar-refractivity contribution < 1.29 is 9.53 Å². The van der Waals surface area contributed by atoms with Gasteiger partial charge in [-0.3, -0.25) is 0 Å². The van der Waals surface area contributed by atoms with E-state index in [0.29, 0.717) is 15.6 Å². The van der Waals surface area contributed by atoms with Crippen LogP contribution in [0.15, 0.2) is 42.5 Å². The van der Waals surface area contributed by atoms with E-state index < -0.39 is 0 Å². The number of methoxy groups -OCH3 is 1. The number of halogens is 2. The maximum atomic E-state index is 11.5. The molecule has 2 unspecified atom stereocenters. The standard InChI is InChI=1S/C19H21Cl2NO2/c1-12(16-8-17(20)10-18(21)9-16)11-22-13(2)14-4-6-15(7-5-14)19(23)24-3/h4-10,12-13,22H,11H2,1-3H3. The van der Waals surface area contributed by atoms with E-state index in [-0.39, 0.29) is 17.9 Å². The second-order valence-electron chi connectivity index (χ2n) is 5.85. The summed E-state index contributed by atoms with van der Waals surface area (Å²) in [6.45, 7) is 5.00. The molecular formula is C19H21Cl2NO2. The lowest BCUT2D eigenvalue weighted by atomic mass is 10.00. The maximum Gasteiger partial charge on any atom is 0.337 e. The summed E-state index contributed by atoms with van der Waals surface area (Å²) in [5.74, 6) is -0.0494. The summed E-state index contributed by atoms with van der Waals surface area (Å²) in [6, 6.07) is 13.2. The van der Waals surface area contributed by atoms with Crippen LogP contribution in [-0.4, -0.2) is 19.6 Å². The van der Waals surface area contributed by atoms with Gasteiger partial charge in [-0.25, -0.2) is 4.79 Å². The zero-order valence-electron chi connectivity index (χ0n) is 14.0. The van der Waals surface area contributed by atoms with Crippen LogP contribution in [-0.2, 0) is 4.74 Å². The molecule has 0 aliphatic rings. The largest absolute Gasteiger partial charge is 0.465 e. The van der Waals surface area contributed by atoms with E-state index >= 15 is 0 Å². The fourth-order valence-corrected chi connectivity index (χ4v) is 3.02. The molecule has 0 aliphatic carbocycles. The van der Waals surface area contributed by atoms with Crippen molar-refractivity contribution >= 4 is 29.2 Å². The van der Waals surface area contributed by atoms with Gasteiger partial charge in [0.1, 0.15) is 0 Å². The molecule has 0 spiro atoms. The first-order valence-electron chi connectivity index (χ1n) is 7.78. The average molecular weight is 366 g/mol. The van der Waals surface area contributed by atoms with E-state index in [2.05, 4.69) is 19.2 Å². The molecule has 128 valence electrons. The number of rotatable bonds is 6. The van der Waals surface area contributed by atoms with Crippen molar-refractivity contribution in [2.45, 2.75) is 25.8 Å². The van der Waals surface area contributed by atoms with Crippen molar-refractivity contribution in [1.29, 1.82) is 0 Å². The van der Waals surface area contributed by atoms with E-state index in [4.69, 9.17) is 27.9 Å². The SMILES string of the molecule is COC(=O)c1ccc(C(C)NCC(C)c2cc(Cl)cc(Cl)c2)cc1. The summed E-state index contributed by atoms with van der Waals surface area (Å²) < 4.78 is 4.71. The van der Waals surface area contributed by atoms with Gasteiger partial charge in [0, 0.05) is 22.6 Å². The molecular weight excluding hydrogens is 345 g/mol. The monoisotopic (exact) mass is 365 g/mol. The van der Waals surface area contributed by atoms with Crippen molar-refractivity contribution in [3.63, 3.8) is 0 Å². The lowest BCUT2D eigenvalue weighted by Crippen LogP contribution is -2.23. The van der Waals surface area contributed by atoms with Crippen molar-refractivity contribution in [3.05, 3.63) is 69.2 Å². The molecule has 0 heterocycles. The Bertz CT molecular complexity index is 681. The molecule has 5 heteroatoms. The highest BCUT2D eigenvalue weighted by atomic mass is 35.5. The minimum atomic E-state index is -0.325. The molecule has 2 aromatic carbocycles. The predicted molar refractivity (Wildman–Crippen MR) is 99.1 cm³/mol. The summed E-state index contributed by atoms with van der Waals surface area (Å²) in [7, 11) is 1.38. The van der Waals surface area contributed by atoms with Crippen LogP contribution in [0.3, 0.4) is 0 Å². The van der Waals surface area contributed by atoms with Gasteiger partial charge in [-0.2, -0.15) is 0 Å². The van der Waals surface area contributed by atoms with Crippen LogP contribution in [0.1, 0.15) is 47.3 Å². The summed E-state index contributed by atoms with van der Waals surface area (Å²) in [6.07, 6.45) is 0. The molecule has 0 aliphatic heterocycles. The number of hydrogen-bond acceptors (Lipinski definition) is 3. The lowest BCUT2D eigenvalue weighted by Gasteiger charge is -2.19. The van der Waals surface area contributed by atoms with Crippen molar-refractivity contribution in [2.75, 3.05) is 13.7 Å². The van der Waals surface area contributed by atoms with Gasteiger partial charge < -0.3 is 10.1 Å². The van der Waals surface area contributed by atoms with E-state index in [1.165, 1.54) is 7.11 Å². The third-order valence-electron chi connectivity index (χ3n) is 4.02. The Morgan fingerprint density at radius 1 is 1.04 bits per heavy atom. The molecule has 0 fully saturated rings. The van der Waals surface area contributed by atoms with E-state index in [1.807, 2.05) is 24.3 Å². The zero-order valence-corrected chi connectivity index (χ0v) is 15.5. The van der Waals surface area contributed by atoms with E-state index in [9.17, 15) is 4.79 Å². The van der Waals surface area contributed by atoms with Crippen molar-refractivity contribution in [2.24, 2.45) is 0 Å². The Hall–Kier alpha value is -1.55. The Morgan fingerprint density at radius 2 is 1.62 bits per heavy atom. The van der Waals surface area contributed by atoms with Gasteiger partial charge in [0.25, 0.3) is 0 Å². The lowest BCUT2D eigenvalue weighted by molar-refractivity contribution is 0.0600. The van der Waals surface area contributed by atoms with Crippen LogP contribution >= 0.6 is 23.2 Å². The molecule has 1 N–H and O–H groups in total. The van der Waals surface area contributed by atoms with Crippen molar-refractivity contribution in [1.82, 2.24) is 5.32 Å². The maximum absolute atomic E-state index is 11.5. The van der Waals surface area contributed by atoms with Crippen LogP contribution in [0.4, 0.5) is 0 Å². The Kier molecular flexibility index (Phi) is 6.67. The summed E-state index contributed by atoms with van der Waals surface area (Å²) in [5, 5.41) is 4.79. The molecule has 2 aromatic rings. The fourth-order valence-electron chi connectivity index (χ4n) is 2.47. The van der Waals surface area contributed by atoms with Gasteiger partial charge in [0.05, 0.1) is 12.7 Å². The second kappa shape index (κ2) is 8.52. The van der Waals surface area contributed by atoms with Gasteiger partial charge in [0.2, 0.25) is 0 Å². The third-order valence-corrected chi connectivity index (χ3v) is 4.45. The zero-order chi connectivity index (χ0) is 17.7. The summed E-state index contributed by atoms with van der Waals surface area (Å²) >= 11 is 12.1. The average Bonchev–Trinajstić information content (AvgIpc) is 2.57. The molecule has 0 bridgehead atoms. The number of carbonyl (C=O) groups is 1. The predicted octanol–water partition coefficient (Wildman–Crippen LogP) is 5.23. The Labute approximate surface area is 152 Å². The first-order valence-corrected chi connectivity index (χ1v) is 8.54. The van der Waals surface area contributed by atoms with Gasteiger partial charge in [-0.15, -0.1) is 0 Å². The summed E-state index contributed by atoms with van der Waals surface area (Å²) in [4.78, 5) is 11.5. The van der Waals surface area contributed by atoms with Crippen LogP contribution in [0.25, 0.3) is 0 Å².